The van der Waals surface area contributed by atoms with Gasteiger partial charge in [-0.25, -0.2) is 4.79 Å². The third kappa shape index (κ3) is 5.17. The molecular formula is C19H23N5O4S. The average molecular weight is 417 g/mol. The van der Waals surface area contributed by atoms with Gasteiger partial charge in [-0.1, -0.05) is 13.8 Å². The number of rotatable bonds is 8. The first-order valence-electron chi connectivity index (χ1n) is 9.15. The number of hydrogen-bond donors (Lipinski definition) is 3. The minimum absolute atomic E-state index is 0.173. The standard InChI is InChI=1S/C19H23N5O4S/c1-11(2)20-9-14(25)10-28-15-6-4-13(5-7-15)8-21-24-18(26)16-12(3)23-29-17(16)22-19(24)27/h4-8,11,14,20,25H,9-10H2,1-3H3,(H,22,27)/b21-8+/t14-/m0/s1. The zero-order chi connectivity index (χ0) is 21.0. The second-order valence-corrected chi connectivity index (χ2v) is 7.63. The van der Waals surface area contributed by atoms with Crippen LogP contribution in [0.15, 0.2) is 39.0 Å². The third-order valence-electron chi connectivity index (χ3n) is 4.09. The molecule has 2 aromatic heterocycles. The summed E-state index contributed by atoms with van der Waals surface area (Å²) in [6.07, 6.45) is 0.810. The summed E-state index contributed by atoms with van der Waals surface area (Å²) in [7, 11) is 0. The van der Waals surface area contributed by atoms with E-state index in [2.05, 4.69) is 19.8 Å². The molecule has 0 saturated heterocycles. The summed E-state index contributed by atoms with van der Waals surface area (Å²) in [4.78, 5) is 27.7. The minimum atomic E-state index is -0.619. The maximum atomic E-state index is 12.5. The van der Waals surface area contributed by atoms with Gasteiger partial charge in [-0.3, -0.25) is 9.78 Å². The highest BCUT2D eigenvalue weighted by atomic mass is 32.1. The van der Waals surface area contributed by atoms with Crippen LogP contribution < -0.4 is 21.3 Å². The third-order valence-corrected chi connectivity index (χ3v) is 4.94. The maximum Gasteiger partial charge on any atom is 0.350 e. The fourth-order valence-electron chi connectivity index (χ4n) is 2.56. The number of nitrogens with zero attached hydrogens (tertiary/aromatic N) is 3. The van der Waals surface area contributed by atoms with Gasteiger partial charge in [-0.15, -0.1) is 4.68 Å². The number of aliphatic hydroxyl groups is 1. The molecule has 0 saturated carbocycles. The molecule has 3 N–H and O–H groups in total. The SMILES string of the molecule is Cc1nsc2[nH]c(=O)n(/N=C/c3ccc(OC[C@@H](O)CNC(C)C)cc3)c(=O)c12. The van der Waals surface area contributed by atoms with Gasteiger partial charge in [0.05, 0.1) is 17.3 Å². The Morgan fingerprint density at radius 2 is 2.07 bits per heavy atom. The Kier molecular flexibility index (Phi) is 6.57. The van der Waals surface area contributed by atoms with Gasteiger partial charge in [0.25, 0.3) is 5.56 Å². The molecule has 3 rings (SSSR count). The van der Waals surface area contributed by atoms with Crippen LogP contribution in [0.5, 0.6) is 5.75 Å². The number of aliphatic hydroxyl groups excluding tert-OH is 1. The molecule has 29 heavy (non-hydrogen) atoms. The summed E-state index contributed by atoms with van der Waals surface area (Å²) in [6.45, 7) is 6.35. The van der Waals surface area contributed by atoms with Gasteiger partial charge in [-0.05, 0) is 48.3 Å². The van der Waals surface area contributed by atoms with Crippen molar-refractivity contribution in [3.8, 4) is 5.75 Å². The molecule has 1 atom stereocenters. The lowest BCUT2D eigenvalue weighted by Crippen LogP contribution is -2.35. The molecular weight excluding hydrogens is 394 g/mol. The molecule has 0 bridgehead atoms. The van der Waals surface area contributed by atoms with Crippen molar-refractivity contribution >= 4 is 28.0 Å². The Morgan fingerprint density at radius 3 is 2.76 bits per heavy atom. The Bertz CT molecular complexity index is 1110. The number of hydrogen-bond acceptors (Lipinski definition) is 8. The number of aromatic amines is 1. The molecule has 9 nitrogen and oxygen atoms in total. The van der Waals surface area contributed by atoms with Crippen LogP contribution in [-0.2, 0) is 0 Å². The van der Waals surface area contributed by atoms with E-state index < -0.39 is 17.4 Å². The van der Waals surface area contributed by atoms with E-state index in [-0.39, 0.29) is 6.61 Å². The number of nitrogens with one attached hydrogen (secondary N) is 2. The Hall–Kier alpha value is -2.82. The van der Waals surface area contributed by atoms with Gasteiger partial charge in [0, 0.05) is 12.6 Å². The molecule has 0 aliphatic rings. The van der Waals surface area contributed by atoms with Crippen molar-refractivity contribution in [3.63, 3.8) is 0 Å². The molecule has 0 spiro atoms. The van der Waals surface area contributed by atoms with Crippen molar-refractivity contribution in [2.45, 2.75) is 32.9 Å². The number of fused-ring (bicyclic) bond motifs is 1. The zero-order valence-electron chi connectivity index (χ0n) is 16.4. The smallest absolute Gasteiger partial charge is 0.350 e. The van der Waals surface area contributed by atoms with E-state index in [1.165, 1.54) is 6.21 Å². The molecule has 3 aromatic rings. The molecule has 0 aliphatic heterocycles. The minimum Gasteiger partial charge on any atom is -0.491 e. The number of aryl methyl sites for hydroxylation is 1. The molecule has 0 aliphatic carbocycles. The van der Waals surface area contributed by atoms with Gasteiger partial charge in [0.1, 0.15) is 23.3 Å². The quantitative estimate of drug-likeness (QED) is 0.472. The number of benzene rings is 1. The highest BCUT2D eigenvalue weighted by molar-refractivity contribution is 7.12. The lowest BCUT2D eigenvalue weighted by Gasteiger charge is -2.15. The van der Waals surface area contributed by atoms with Gasteiger partial charge in [0.2, 0.25) is 0 Å². The van der Waals surface area contributed by atoms with Crippen LogP contribution in [0.1, 0.15) is 25.1 Å². The second kappa shape index (κ2) is 9.12. The summed E-state index contributed by atoms with van der Waals surface area (Å²) in [5.41, 5.74) is 0.120. The normalized spacial score (nSPS) is 12.9. The zero-order valence-corrected chi connectivity index (χ0v) is 17.2. The van der Waals surface area contributed by atoms with E-state index in [0.717, 1.165) is 16.2 Å². The number of H-pyrrole nitrogens is 1. The van der Waals surface area contributed by atoms with Crippen molar-refractivity contribution < 1.29 is 9.84 Å². The van der Waals surface area contributed by atoms with Crippen LogP contribution in [0.25, 0.3) is 10.2 Å². The fourth-order valence-corrected chi connectivity index (χ4v) is 3.34. The van der Waals surface area contributed by atoms with Crippen molar-refractivity contribution in [1.29, 1.82) is 0 Å². The lowest BCUT2D eigenvalue weighted by molar-refractivity contribution is 0.104. The molecule has 0 amide bonds. The maximum absolute atomic E-state index is 12.5. The van der Waals surface area contributed by atoms with Gasteiger partial charge in [0.15, 0.2) is 0 Å². The molecule has 2 heterocycles. The molecule has 10 heteroatoms. The molecule has 0 fully saturated rings. The molecule has 0 unspecified atom stereocenters. The summed E-state index contributed by atoms with van der Waals surface area (Å²) in [6, 6.07) is 7.24. The van der Waals surface area contributed by atoms with Gasteiger partial charge >= 0.3 is 5.69 Å². The molecule has 1 aromatic carbocycles. The van der Waals surface area contributed by atoms with E-state index in [1.807, 2.05) is 13.8 Å². The Labute approximate surface area is 170 Å². The molecule has 0 radical (unpaired) electrons. The summed E-state index contributed by atoms with van der Waals surface area (Å²) < 4.78 is 10.4. The van der Waals surface area contributed by atoms with Crippen LogP contribution >= 0.6 is 11.5 Å². The van der Waals surface area contributed by atoms with Crippen LogP contribution in [0.3, 0.4) is 0 Å². The lowest BCUT2D eigenvalue weighted by atomic mass is 10.2. The van der Waals surface area contributed by atoms with Crippen LogP contribution in [0.4, 0.5) is 0 Å². The summed E-state index contributed by atoms with van der Waals surface area (Å²) in [5, 5.41) is 17.4. The van der Waals surface area contributed by atoms with Crippen LogP contribution in [0.2, 0.25) is 0 Å². The summed E-state index contributed by atoms with van der Waals surface area (Å²) in [5.74, 6) is 0.599. The van der Waals surface area contributed by atoms with Crippen LogP contribution in [0, 0.1) is 6.92 Å². The number of aromatic nitrogens is 3. The Balaban J connectivity index is 1.68. The second-order valence-electron chi connectivity index (χ2n) is 6.86. The first kappa shape index (κ1) is 20.9. The van der Waals surface area contributed by atoms with Crippen molar-refractivity contribution in [3.05, 3.63) is 56.4 Å². The summed E-state index contributed by atoms with van der Waals surface area (Å²) >= 11 is 1.07. The first-order chi connectivity index (χ1) is 13.8. The topological polar surface area (TPSA) is 122 Å². The average Bonchev–Trinajstić information content (AvgIpc) is 3.06. The largest absolute Gasteiger partial charge is 0.491 e. The van der Waals surface area contributed by atoms with Crippen molar-refractivity contribution in [1.82, 2.24) is 19.4 Å². The van der Waals surface area contributed by atoms with E-state index >= 15 is 0 Å². The Morgan fingerprint density at radius 1 is 1.34 bits per heavy atom. The molecule has 154 valence electrons. The van der Waals surface area contributed by atoms with Crippen molar-refractivity contribution in [2.75, 3.05) is 13.2 Å². The highest BCUT2D eigenvalue weighted by Crippen LogP contribution is 2.14. The van der Waals surface area contributed by atoms with Crippen molar-refractivity contribution in [2.24, 2.45) is 5.10 Å². The fraction of sp³-hybridized carbons (Fsp3) is 0.368. The van der Waals surface area contributed by atoms with E-state index in [0.29, 0.717) is 39.8 Å². The highest BCUT2D eigenvalue weighted by Gasteiger charge is 2.12. The monoisotopic (exact) mass is 417 g/mol. The predicted molar refractivity (Wildman–Crippen MR) is 113 cm³/mol. The van der Waals surface area contributed by atoms with E-state index in [9.17, 15) is 14.7 Å². The van der Waals surface area contributed by atoms with E-state index in [4.69, 9.17) is 4.74 Å². The van der Waals surface area contributed by atoms with Crippen LogP contribution in [-0.4, -0.2) is 50.7 Å². The first-order valence-corrected chi connectivity index (χ1v) is 9.92. The van der Waals surface area contributed by atoms with E-state index in [1.54, 1.807) is 31.2 Å². The number of ether oxygens (including phenoxy) is 1. The predicted octanol–water partition coefficient (Wildman–Crippen LogP) is 1.07. The van der Waals surface area contributed by atoms with Gasteiger partial charge in [-0.2, -0.15) is 9.47 Å². The van der Waals surface area contributed by atoms with Gasteiger partial charge < -0.3 is 15.2 Å².